The van der Waals surface area contributed by atoms with Crippen LogP contribution in [0.1, 0.15) is 11.1 Å². The maximum atomic E-state index is 13.3. The smallest absolute Gasteiger partial charge is 0.416 e. The van der Waals surface area contributed by atoms with Crippen LogP contribution in [0.4, 0.5) is 24.5 Å². The molecular formula is C23H23F3N2O5. The van der Waals surface area contributed by atoms with Crippen LogP contribution in [0, 0.1) is 0 Å². The second-order valence-electron chi connectivity index (χ2n) is 7.40. The maximum Gasteiger partial charge on any atom is 0.416 e. The van der Waals surface area contributed by atoms with Gasteiger partial charge in [0.1, 0.15) is 13.2 Å². The highest BCUT2D eigenvalue weighted by Gasteiger charge is 2.32. The maximum absolute atomic E-state index is 13.3. The van der Waals surface area contributed by atoms with Crippen LogP contribution < -0.4 is 24.4 Å². The first-order chi connectivity index (χ1) is 15.8. The number of morpholine rings is 1. The SMILES string of the molecule is COc1cc(/C=C/C(=O)Nc2cc(C(F)(F)F)ccc2N2CCOCC2)cc2c1OCCO2. The Kier molecular flexibility index (Phi) is 6.64. The van der Waals surface area contributed by atoms with E-state index in [4.69, 9.17) is 18.9 Å². The summed E-state index contributed by atoms with van der Waals surface area (Å²) in [5, 5.41) is 2.59. The van der Waals surface area contributed by atoms with Gasteiger partial charge in [0, 0.05) is 19.2 Å². The monoisotopic (exact) mass is 464 g/mol. The molecule has 0 atom stereocenters. The van der Waals surface area contributed by atoms with Crippen molar-refractivity contribution < 1.29 is 36.9 Å². The Morgan fingerprint density at radius 2 is 1.85 bits per heavy atom. The molecule has 1 fully saturated rings. The number of alkyl halides is 3. The molecule has 0 bridgehead atoms. The van der Waals surface area contributed by atoms with Crippen LogP contribution >= 0.6 is 0 Å². The molecule has 7 nitrogen and oxygen atoms in total. The third-order valence-electron chi connectivity index (χ3n) is 5.21. The van der Waals surface area contributed by atoms with Crippen molar-refractivity contribution in [3.8, 4) is 17.2 Å². The molecule has 4 rings (SSSR count). The molecule has 0 aliphatic carbocycles. The molecule has 10 heteroatoms. The molecular weight excluding hydrogens is 441 g/mol. The van der Waals surface area contributed by atoms with Gasteiger partial charge in [-0.15, -0.1) is 0 Å². The van der Waals surface area contributed by atoms with Crippen LogP contribution in [-0.4, -0.2) is 52.5 Å². The minimum Gasteiger partial charge on any atom is -0.493 e. The summed E-state index contributed by atoms with van der Waals surface area (Å²) < 4.78 is 61.6. The third kappa shape index (κ3) is 5.33. The number of rotatable bonds is 5. The van der Waals surface area contributed by atoms with Crippen LogP contribution in [-0.2, 0) is 15.7 Å². The number of carbonyl (C=O) groups is 1. The Labute approximate surface area is 188 Å². The molecule has 0 saturated carbocycles. The van der Waals surface area contributed by atoms with E-state index in [1.54, 1.807) is 12.1 Å². The second-order valence-corrected chi connectivity index (χ2v) is 7.40. The van der Waals surface area contributed by atoms with Crippen molar-refractivity contribution >= 4 is 23.4 Å². The predicted octanol–water partition coefficient (Wildman–Crippen LogP) is 3.97. The predicted molar refractivity (Wildman–Crippen MR) is 116 cm³/mol. The van der Waals surface area contributed by atoms with Crippen molar-refractivity contribution in [2.24, 2.45) is 0 Å². The Hall–Kier alpha value is -3.40. The molecule has 2 heterocycles. The van der Waals surface area contributed by atoms with Gasteiger partial charge in [-0.2, -0.15) is 13.2 Å². The van der Waals surface area contributed by atoms with E-state index in [0.29, 0.717) is 68.0 Å². The summed E-state index contributed by atoms with van der Waals surface area (Å²) in [5.41, 5.74) is 0.370. The zero-order valence-corrected chi connectivity index (χ0v) is 17.9. The van der Waals surface area contributed by atoms with Gasteiger partial charge in [-0.25, -0.2) is 0 Å². The summed E-state index contributed by atoms with van der Waals surface area (Å²) in [4.78, 5) is 14.5. The Balaban J connectivity index is 1.57. The van der Waals surface area contributed by atoms with Gasteiger partial charge in [-0.1, -0.05) is 0 Å². The summed E-state index contributed by atoms with van der Waals surface area (Å²) in [6, 6.07) is 6.71. The van der Waals surface area contributed by atoms with Gasteiger partial charge < -0.3 is 29.2 Å². The number of nitrogens with zero attached hydrogens (tertiary/aromatic N) is 1. The minimum absolute atomic E-state index is 0.0844. The molecule has 176 valence electrons. The molecule has 2 aliphatic heterocycles. The van der Waals surface area contributed by atoms with Crippen molar-refractivity contribution in [3.05, 3.63) is 47.5 Å². The summed E-state index contributed by atoms with van der Waals surface area (Å²) in [6.45, 7) is 2.75. The summed E-state index contributed by atoms with van der Waals surface area (Å²) in [6.07, 6.45) is -1.76. The lowest BCUT2D eigenvalue weighted by atomic mass is 10.1. The molecule has 1 N–H and O–H groups in total. The number of fused-ring (bicyclic) bond motifs is 1. The minimum atomic E-state index is -4.53. The number of halogens is 3. The number of amides is 1. The molecule has 1 saturated heterocycles. The van der Waals surface area contributed by atoms with Gasteiger partial charge in [-0.05, 0) is 42.0 Å². The highest BCUT2D eigenvalue weighted by Crippen LogP contribution is 2.41. The van der Waals surface area contributed by atoms with E-state index in [0.717, 1.165) is 12.1 Å². The molecule has 0 unspecified atom stereocenters. The number of methoxy groups -OCH3 is 1. The van der Waals surface area contributed by atoms with Crippen LogP contribution in [0.3, 0.4) is 0 Å². The zero-order chi connectivity index (χ0) is 23.4. The fourth-order valence-corrected chi connectivity index (χ4v) is 3.63. The van der Waals surface area contributed by atoms with E-state index in [9.17, 15) is 18.0 Å². The fourth-order valence-electron chi connectivity index (χ4n) is 3.63. The standard InChI is InChI=1S/C23H23F3N2O5/c1-30-19-12-15(13-20-22(19)33-11-10-32-20)2-5-21(29)27-17-14-16(23(24,25)26)3-4-18(17)28-6-8-31-9-7-28/h2-5,12-14H,6-11H2,1H3,(H,27,29)/b5-2+. The number of ether oxygens (including phenoxy) is 4. The lowest BCUT2D eigenvalue weighted by molar-refractivity contribution is -0.137. The molecule has 2 aromatic rings. The Morgan fingerprint density at radius 1 is 1.09 bits per heavy atom. The van der Waals surface area contributed by atoms with Gasteiger partial charge in [0.2, 0.25) is 11.7 Å². The van der Waals surface area contributed by atoms with E-state index < -0.39 is 17.6 Å². The number of hydrogen-bond donors (Lipinski definition) is 1. The molecule has 33 heavy (non-hydrogen) atoms. The van der Waals surface area contributed by atoms with Crippen molar-refractivity contribution in [3.63, 3.8) is 0 Å². The second kappa shape index (κ2) is 9.62. The van der Waals surface area contributed by atoms with Gasteiger partial charge in [0.25, 0.3) is 0 Å². The topological polar surface area (TPSA) is 69.3 Å². The van der Waals surface area contributed by atoms with Crippen LogP contribution in [0.25, 0.3) is 6.08 Å². The van der Waals surface area contributed by atoms with E-state index in [1.165, 1.54) is 25.3 Å². The van der Waals surface area contributed by atoms with Crippen LogP contribution in [0.5, 0.6) is 17.2 Å². The van der Waals surface area contributed by atoms with E-state index in [2.05, 4.69) is 5.32 Å². The number of hydrogen-bond acceptors (Lipinski definition) is 6. The van der Waals surface area contributed by atoms with E-state index in [1.807, 2.05) is 4.90 Å². The average Bonchev–Trinajstić information content (AvgIpc) is 2.82. The largest absolute Gasteiger partial charge is 0.493 e. The first kappa shape index (κ1) is 22.8. The highest BCUT2D eigenvalue weighted by molar-refractivity contribution is 6.04. The van der Waals surface area contributed by atoms with Gasteiger partial charge in [0.15, 0.2) is 11.5 Å². The summed E-state index contributed by atoms with van der Waals surface area (Å²) >= 11 is 0. The van der Waals surface area contributed by atoms with Crippen molar-refractivity contribution in [2.75, 3.05) is 56.8 Å². The molecule has 0 spiro atoms. The van der Waals surface area contributed by atoms with E-state index >= 15 is 0 Å². The lowest BCUT2D eigenvalue weighted by Crippen LogP contribution is -2.36. The molecule has 2 aromatic carbocycles. The Bertz CT molecular complexity index is 1030. The van der Waals surface area contributed by atoms with Crippen LogP contribution in [0.2, 0.25) is 0 Å². The summed E-state index contributed by atoms with van der Waals surface area (Å²) in [5.74, 6) is 0.870. The Morgan fingerprint density at radius 3 is 2.58 bits per heavy atom. The lowest BCUT2D eigenvalue weighted by Gasteiger charge is -2.30. The van der Waals surface area contributed by atoms with Gasteiger partial charge in [-0.3, -0.25) is 4.79 Å². The van der Waals surface area contributed by atoms with Crippen molar-refractivity contribution in [1.29, 1.82) is 0 Å². The highest BCUT2D eigenvalue weighted by atomic mass is 19.4. The normalized spacial score (nSPS) is 16.1. The third-order valence-corrected chi connectivity index (χ3v) is 5.21. The molecule has 0 aromatic heterocycles. The number of anilines is 2. The number of carbonyl (C=O) groups excluding carboxylic acids is 1. The number of nitrogens with one attached hydrogen (secondary N) is 1. The summed E-state index contributed by atoms with van der Waals surface area (Å²) in [7, 11) is 1.49. The fraction of sp³-hybridized carbons (Fsp3) is 0.348. The molecule has 0 radical (unpaired) electrons. The van der Waals surface area contributed by atoms with Gasteiger partial charge in [0.05, 0.1) is 37.3 Å². The molecule has 2 aliphatic rings. The van der Waals surface area contributed by atoms with Gasteiger partial charge >= 0.3 is 6.18 Å². The average molecular weight is 464 g/mol. The quantitative estimate of drug-likeness (QED) is 0.676. The van der Waals surface area contributed by atoms with Crippen molar-refractivity contribution in [2.45, 2.75) is 6.18 Å². The molecule has 1 amide bonds. The first-order valence-corrected chi connectivity index (χ1v) is 10.4. The van der Waals surface area contributed by atoms with Crippen LogP contribution in [0.15, 0.2) is 36.4 Å². The van der Waals surface area contributed by atoms with Crippen molar-refractivity contribution in [1.82, 2.24) is 0 Å². The van der Waals surface area contributed by atoms with E-state index in [-0.39, 0.29) is 5.69 Å². The zero-order valence-electron chi connectivity index (χ0n) is 17.9. The first-order valence-electron chi connectivity index (χ1n) is 10.4. The number of benzene rings is 2.